The molecular formula is C21H23N3O4. The summed E-state index contributed by atoms with van der Waals surface area (Å²) >= 11 is 0. The smallest absolute Gasteiger partial charge is 0.226 e. The summed E-state index contributed by atoms with van der Waals surface area (Å²) in [6, 6.07) is 9.54. The van der Waals surface area contributed by atoms with Crippen LogP contribution in [0.15, 0.2) is 47.2 Å². The molecule has 1 aliphatic rings. The number of furan rings is 1. The highest BCUT2D eigenvalue weighted by Crippen LogP contribution is 2.40. The predicted octanol–water partition coefficient (Wildman–Crippen LogP) is 3.79. The second kappa shape index (κ2) is 7.42. The molecule has 0 radical (unpaired) electrons. The molecule has 0 fully saturated rings. The van der Waals surface area contributed by atoms with Crippen LogP contribution in [0.25, 0.3) is 0 Å². The van der Waals surface area contributed by atoms with Crippen molar-refractivity contribution in [1.82, 2.24) is 9.78 Å². The SMILES string of the molecule is COc1cc([C@@H]2CC(=O)Nc3c2cnn3Cc2ccco2)ccc1OC(C)C. The number of fused-ring (bicyclic) bond motifs is 1. The number of nitrogens with zero attached hydrogens (tertiary/aromatic N) is 2. The Labute approximate surface area is 163 Å². The lowest BCUT2D eigenvalue weighted by Gasteiger charge is -2.24. The van der Waals surface area contributed by atoms with Crippen molar-refractivity contribution in [3.8, 4) is 11.5 Å². The van der Waals surface area contributed by atoms with Gasteiger partial charge in [0, 0.05) is 17.9 Å². The molecular weight excluding hydrogens is 358 g/mol. The highest BCUT2D eigenvalue weighted by molar-refractivity contribution is 5.94. The van der Waals surface area contributed by atoms with Gasteiger partial charge in [0.25, 0.3) is 0 Å². The first-order chi connectivity index (χ1) is 13.5. The summed E-state index contributed by atoms with van der Waals surface area (Å²) in [4.78, 5) is 12.4. The summed E-state index contributed by atoms with van der Waals surface area (Å²) in [5.41, 5.74) is 1.97. The van der Waals surface area contributed by atoms with Gasteiger partial charge in [-0.05, 0) is 43.7 Å². The molecule has 4 rings (SSSR count). The molecule has 0 aliphatic carbocycles. The third kappa shape index (κ3) is 3.47. The molecule has 0 bridgehead atoms. The van der Waals surface area contributed by atoms with Crippen molar-refractivity contribution in [2.45, 2.75) is 38.8 Å². The number of rotatable bonds is 6. The first kappa shape index (κ1) is 18.2. The largest absolute Gasteiger partial charge is 0.493 e. The van der Waals surface area contributed by atoms with Crippen LogP contribution in [0.2, 0.25) is 0 Å². The number of nitrogens with one attached hydrogen (secondary N) is 1. The molecule has 0 saturated carbocycles. The summed E-state index contributed by atoms with van der Waals surface area (Å²) in [7, 11) is 1.62. The Kier molecular flexibility index (Phi) is 4.81. The van der Waals surface area contributed by atoms with Gasteiger partial charge in [-0.25, -0.2) is 4.68 Å². The van der Waals surface area contributed by atoms with Crippen LogP contribution in [0.1, 0.15) is 43.1 Å². The summed E-state index contributed by atoms with van der Waals surface area (Å²) in [5.74, 6) is 2.69. The van der Waals surface area contributed by atoms with E-state index in [4.69, 9.17) is 13.9 Å². The van der Waals surface area contributed by atoms with E-state index in [9.17, 15) is 4.79 Å². The van der Waals surface area contributed by atoms with Crippen LogP contribution in [0, 0.1) is 0 Å². The van der Waals surface area contributed by atoms with Gasteiger partial charge < -0.3 is 19.2 Å². The molecule has 1 N–H and O–H groups in total. The lowest BCUT2D eigenvalue weighted by molar-refractivity contribution is -0.116. The number of hydrogen-bond donors (Lipinski definition) is 1. The van der Waals surface area contributed by atoms with Gasteiger partial charge in [-0.3, -0.25) is 4.79 Å². The fourth-order valence-corrected chi connectivity index (χ4v) is 3.49. The van der Waals surface area contributed by atoms with Crippen molar-refractivity contribution in [3.63, 3.8) is 0 Å². The van der Waals surface area contributed by atoms with E-state index in [0.717, 1.165) is 16.9 Å². The second-order valence-corrected chi connectivity index (χ2v) is 7.07. The van der Waals surface area contributed by atoms with E-state index in [1.54, 1.807) is 18.1 Å². The van der Waals surface area contributed by atoms with Gasteiger partial charge in [0.1, 0.15) is 18.1 Å². The highest BCUT2D eigenvalue weighted by atomic mass is 16.5. The Balaban J connectivity index is 1.68. The van der Waals surface area contributed by atoms with Crippen molar-refractivity contribution in [3.05, 3.63) is 59.7 Å². The van der Waals surface area contributed by atoms with E-state index in [2.05, 4.69) is 10.4 Å². The average molecular weight is 381 g/mol. The van der Waals surface area contributed by atoms with Crippen molar-refractivity contribution in [1.29, 1.82) is 0 Å². The van der Waals surface area contributed by atoms with Gasteiger partial charge in [0.15, 0.2) is 11.5 Å². The number of methoxy groups -OCH3 is 1. The van der Waals surface area contributed by atoms with Crippen LogP contribution in [0.5, 0.6) is 11.5 Å². The lowest BCUT2D eigenvalue weighted by atomic mass is 9.87. The quantitative estimate of drug-likeness (QED) is 0.703. The Morgan fingerprint density at radius 3 is 2.89 bits per heavy atom. The number of ether oxygens (including phenoxy) is 2. The number of anilines is 1. The number of benzene rings is 1. The van der Waals surface area contributed by atoms with Crippen LogP contribution >= 0.6 is 0 Å². The minimum Gasteiger partial charge on any atom is -0.493 e. The zero-order chi connectivity index (χ0) is 19.7. The predicted molar refractivity (Wildman–Crippen MR) is 104 cm³/mol. The Morgan fingerprint density at radius 1 is 1.32 bits per heavy atom. The van der Waals surface area contributed by atoms with Crippen molar-refractivity contribution < 1.29 is 18.7 Å². The zero-order valence-electron chi connectivity index (χ0n) is 16.1. The van der Waals surface area contributed by atoms with E-state index in [-0.39, 0.29) is 17.9 Å². The average Bonchev–Trinajstić information content (AvgIpc) is 3.32. The number of carbonyl (C=O) groups is 1. The van der Waals surface area contributed by atoms with Crippen molar-refractivity contribution in [2.75, 3.05) is 12.4 Å². The van der Waals surface area contributed by atoms with Crippen LogP contribution in [-0.4, -0.2) is 28.9 Å². The minimum atomic E-state index is -0.101. The Hall–Kier alpha value is -3.22. The third-order valence-corrected chi connectivity index (χ3v) is 4.73. The number of aromatic nitrogens is 2. The van der Waals surface area contributed by atoms with Crippen molar-refractivity contribution >= 4 is 11.7 Å². The highest BCUT2D eigenvalue weighted by Gasteiger charge is 2.30. The van der Waals surface area contributed by atoms with E-state index in [1.165, 1.54) is 0 Å². The van der Waals surface area contributed by atoms with Crippen molar-refractivity contribution in [2.24, 2.45) is 0 Å². The lowest BCUT2D eigenvalue weighted by Crippen LogP contribution is -2.25. The number of amides is 1. The molecule has 3 aromatic rings. The van der Waals surface area contributed by atoms with Gasteiger partial charge in [0.2, 0.25) is 5.91 Å². The maximum absolute atomic E-state index is 12.4. The molecule has 28 heavy (non-hydrogen) atoms. The molecule has 1 aliphatic heterocycles. The molecule has 1 aromatic carbocycles. The molecule has 7 nitrogen and oxygen atoms in total. The van der Waals surface area contributed by atoms with Crippen LogP contribution in [0.3, 0.4) is 0 Å². The molecule has 3 heterocycles. The molecule has 0 unspecified atom stereocenters. The molecule has 2 aromatic heterocycles. The van der Waals surface area contributed by atoms with Gasteiger partial charge >= 0.3 is 0 Å². The fourth-order valence-electron chi connectivity index (χ4n) is 3.49. The second-order valence-electron chi connectivity index (χ2n) is 7.07. The van der Waals surface area contributed by atoms with E-state index in [0.29, 0.717) is 30.3 Å². The molecule has 0 spiro atoms. The summed E-state index contributed by atoms with van der Waals surface area (Å²) in [5, 5.41) is 7.42. The molecule has 146 valence electrons. The van der Waals surface area contributed by atoms with Crippen LogP contribution in [-0.2, 0) is 11.3 Å². The first-order valence-corrected chi connectivity index (χ1v) is 9.27. The van der Waals surface area contributed by atoms with E-state index < -0.39 is 0 Å². The van der Waals surface area contributed by atoms with Gasteiger partial charge in [0.05, 0.1) is 25.7 Å². The zero-order valence-corrected chi connectivity index (χ0v) is 16.1. The molecule has 0 saturated heterocycles. The maximum Gasteiger partial charge on any atom is 0.226 e. The first-order valence-electron chi connectivity index (χ1n) is 9.27. The normalized spacial score (nSPS) is 16.0. The molecule has 1 atom stereocenters. The fraction of sp³-hybridized carbons (Fsp3) is 0.333. The summed E-state index contributed by atoms with van der Waals surface area (Å²) in [6.07, 6.45) is 3.84. The topological polar surface area (TPSA) is 78.5 Å². The van der Waals surface area contributed by atoms with E-state index in [1.807, 2.05) is 50.4 Å². The standard InChI is InChI=1S/C21H23N3O4/c1-13(2)28-18-7-6-14(9-19(18)26-3)16-10-20(25)23-21-17(16)11-22-24(21)12-15-5-4-8-27-15/h4-9,11,13,16H,10,12H2,1-3H3,(H,23,25)/t16-/m0/s1. The molecule has 7 heteroatoms. The maximum atomic E-state index is 12.4. The third-order valence-electron chi connectivity index (χ3n) is 4.73. The van der Waals surface area contributed by atoms with Gasteiger partial charge in [-0.1, -0.05) is 6.07 Å². The van der Waals surface area contributed by atoms with Gasteiger partial charge in [-0.15, -0.1) is 0 Å². The Morgan fingerprint density at radius 2 is 2.18 bits per heavy atom. The van der Waals surface area contributed by atoms with Crippen LogP contribution < -0.4 is 14.8 Å². The summed E-state index contributed by atoms with van der Waals surface area (Å²) in [6.45, 7) is 4.40. The number of hydrogen-bond acceptors (Lipinski definition) is 5. The monoisotopic (exact) mass is 381 g/mol. The summed E-state index contributed by atoms with van der Waals surface area (Å²) < 4.78 is 18.5. The van der Waals surface area contributed by atoms with Gasteiger partial charge in [-0.2, -0.15) is 5.10 Å². The molecule has 1 amide bonds. The number of carbonyl (C=O) groups excluding carboxylic acids is 1. The van der Waals surface area contributed by atoms with E-state index >= 15 is 0 Å². The Bertz CT molecular complexity index is 976. The minimum absolute atomic E-state index is 0.0415. The van der Waals surface area contributed by atoms with Crippen LogP contribution in [0.4, 0.5) is 5.82 Å².